The molecule has 2 aromatic carbocycles. The molecule has 0 heterocycles. The first-order valence-corrected chi connectivity index (χ1v) is 5.06. The van der Waals surface area contributed by atoms with E-state index in [4.69, 9.17) is 0 Å². The summed E-state index contributed by atoms with van der Waals surface area (Å²) < 4.78 is 0. The second kappa shape index (κ2) is 325. The van der Waals surface area contributed by atoms with E-state index in [9.17, 15) is 0 Å². The van der Waals surface area contributed by atoms with Crippen molar-refractivity contribution in [3.63, 3.8) is 0 Å². The van der Waals surface area contributed by atoms with Gasteiger partial charge in [0.25, 0.3) is 0 Å². The van der Waals surface area contributed by atoms with E-state index in [1.54, 1.807) is 0 Å². The average Bonchev–Trinajstić information content (AvgIpc) is 2.17. The van der Waals surface area contributed by atoms with Crippen molar-refractivity contribution in [3.05, 3.63) is 48.5 Å². The maximum Gasteiger partial charge on any atom is 0.133 e. The molecule has 2 aromatic rings. The molecular weight excluding hydrogens is 1450 g/mol. The van der Waals surface area contributed by atoms with Crippen molar-refractivity contribution < 1.29 is 356 Å². The van der Waals surface area contributed by atoms with Crippen LogP contribution in [-0.4, -0.2) is 21.9 Å². The summed E-state index contributed by atoms with van der Waals surface area (Å²) in [5.74, 6) is 0. The molecule has 20 N–H and O–H groups in total. The maximum absolute atomic E-state index is 3.74. The minimum absolute atomic E-state index is 0. The molecule has 0 aromatic heterocycles. The van der Waals surface area contributed by atoms with Gasteiger partial charge in [-0.25, -0.2) is 0 Å². The maximum atomic E-state index is 3.74. The van der Waals surface area contributed by atoms with Gasteiger partial charge in [0, 0.05) is 169 Å². The van der Waals surface area contributed by atoms with Gasteiger partial charge in [-0.2, -0.15) is 0 Å². The summed E-state index contributed by atoms with van der Waals surface area (Å²) in [5, 5.41) is 0. The molecule has 0 amide bonds. The Morgan fingerprint density at radius 1 is 0.204 bits per heavy atom. The molecule has 0 saturated carbocycles. The summed E-state index contributed by atoms with van der Waals surface area (Å²) in [6.07, 6.45) is 0. The van der Waals surface area contributed by atoms with Gasteiger partial charge in [0.1, 0.15) is 22.7 Å². The van der Waals surface area contributed by atoms with Gasteiger partial charge in [0.05, 0.1) is 12.1 Å². The van der Waals surface area contributed by atoms with E-state index in [-0.39, 0.29) is 333 Å². The van der Waals surface area contributed by atoms with Gasteiger partial charge in [-0.05, 0) is 24.3 Å². The third kappa shape index (κ3) is 307. The molecule has 0 atom stereocenters. The Balaban J connectivity index is -0.00000000155. The summed E-state index contributed by atoms with van der Waals surface area (Å²) >= 11 is 0. The van der Waals surface area contributed by atoms with Crippen LogP contribution in [0.2, 0.25) is 0 Å². The van der Waals surface area contributed by atoms with Crippen molar-refractivity contribution in [3.8, 4) is 0 Å². The van der Waals surface area contributed by atoms with Gasteiger partial charge in [0.2, 0.25) is 0 Å². The van der Waals surface area contributed by atoms with E-state index in [0.717, 1.165) is 22.7 Å². The number of hydrogen-bond donors (Lipinski definition) is 4. The SMILES string of the molecule is O.O.O.O.[Mo].[Mo].[Mo].[Mo].[Mo].[Mo].[Mo].[Mo].[NH3+]c1cccc([NH3+])c1.[NH3+]c1cccc([NH3+])c1.[O-2].[O-2].[O-2].[O-2].[O-2].[O-2].[O-2].[O-2].[O-2].[O-2].[O-2].[O-2].[O-2].[O-2].[O-2].[O-2].[O-2].[O-2].[O-2].[O-2].[O-2].[O-2].[O-2].[O-2].[O-2].[O-2]. The molecule has 0 saturated heterocycles. The second-order valence-electron chi connectivity index (χ2n) is 3.64. The molecule has 0 bridgehead atoms. The largest absolute Gasteiger partial charge is 2.00 e. The van der Waals surface area contributed by atoms with Crippen LogP contribution in [0.25, 0.3) is 0 Å². The molecule has 372 valence electrons. The Morgan fingerprint density at radius 2 is 0.278 bits per heavy atom. The molecular formula is C12H28Mo8N4O30-48. The van der Waals surface area contributed by atoms with E-state index >= 15 is 0 Å². The fourth-order valence-electron chi connectivity index (χ4n) is 1.26. The topological polar surface area (TPSA) is 978 Å². The Hall–Kier alpha value is 2.59. The van der Waals surface area contributed by atoms with E-state index < -0.39 is 0 Å². The summed E-state index contributed by atoms with van der Waals surface area (Å²) in [6, 6.07) is 15.6. The van der Waals surface area contributed by atoms with Crippen LogP contribution in [0, 0.1) is 0 Å². The zero-order chi connectivity index (χ0) is 12.0. The van der Waals surface area contributed by atoms with Gasteiger partial charge < -0.3 is 187 Å². The molecule has 0 spiro atoms. The number of benzene rings is 2. The van der Waals surface area contributed by atoms with E-state index in [0.29, 0.717) is 0 Å². The van der Waals surface area contributed by atoms with Gasteiger partial charge in [-0.15, -0.1) is 0 Å². The molecule has 34 nitrogen and oxygen atoms in total. The molecule has 2 rings (SSSR count). The number of quaternary nitrogens is 4. The third-order valence-electron chi connectivity index (χ3n) is 1.98. The number of hydrogen-bond acceptors (Lipinski definition) is 0. The minimum atomic E-state index is 0. The van der Waals surface area contributed by atoms with Crippen molar-refractivity contribution in [2.45, 2.75) is 0 Å². The first-order chi connectivity index (χ1) is 7.58. The Morgan fingerprint density at radius 3 is 0.315 bits per heavy atom. The minimum Gasteiger partial charge on any atom is -2.00 e. The van der Waals surface area contributed by atoms with E-state index in [2.05, 4.69) is 22.9 Å². The summed E-state index contributed by atoms with van der Waals surface area (Å²) in [6.45, 7) is 0. The zero-order valence-electron chi connectivity index (χ0n) is 25.3. The summed E-state index contributed by atoms with van der Waals surface area (Å²) in [4.78, 5) is 0. The molecule has 0 radical (unpaired) electrons. The molecule has 0 aliphatic heterocycles. The second-order valence-corrected chi connectivity index (χ2v) is 3.64. The fourth-order valence-corrected chi connectivity index (χ4v) is 1.26. The van der Waals surface area contributed by atoms with Crippen molar-refractivity contribution in [2.24, 2.45) is 0 Å². The third-order valence-corrected chi connectivity index (χ3v) is 1.98. The van der Waals surface area contributed by atoms with Crippen LogP contribution < -0.4 is 22.9 Å². The first-order valence-electron chi connectivity index (χ1n) is 5.06. The standard InChI is InChI=1S/2C6H8N2.8Mo.4H2O.26O/c2*7-5-2-1-3-6(8)4-5;;;;;;;;;;;;;;;;;;;;;;;;;;;;;;;;;;;;;;/h2*1-4H,7-8H2;;;;;;;;;4*1H2;;;;;;;;;;;;;;;;;;;;;;;;;;/q;;;;;;;;;;;;;;26*-2/p+4. The molecule has 54 heavy (non-hydrogen) atoms. The van der Waals surface area contributed by atoms with Crippen LogP contribution in [0.3, 0.4) is 0 Å². The van der Waals surface area contributed by atoms with Crippen molar-refractivity contribution in [1.29, 1.82) is 0 Å². The molecule has 0 fully saturated rings. The quantitative estimate of drug-likeness (QED) is 0.179. The van der Waals surface area contributed by atoms with Crippen molar-refractivity contribution in [1.82, 2.24) is 0 Å². The number of rotatable bonds is 0. The molecule has 42 heteroatoms. The fraction of sp³-hybridized carbons (Fsp3) is 0. The van der Waals surface area contributed by atoms with Gasteiger partial charge >= 0.3 is 0 Å². The smallest absolute Gasteiger partial charge is 0.133 e. The van der Waals surface area contributed by atoms with Gasteiger partial charge in [0.15, 0.2) is 0 Å². The van der Waals surface area contributed by atoms with E-state index in [1.807, 2.05) is 48.5 Å². The zero-order valence-corrected chi connectivity index (χ0v) is 41.4. The molecule has 0 unspecified atom stereocenters. The van der Waals surface area contributed by atoms with Gasteiger partial charge in [-0.1, -0.05) is 12.1 Å². The predicted octanol–water partition coefficient (Wildman–Crippen LogP) is -7.54. The van der Waals surface area contributed by atoms with Crippen LogP contribution in [-0.2, 0) is 311 Å². The Kier molecular flexibility index (Phi) is 3040. The molecule has 0 aliphatic carbocycles. The normalized spacial score (nSPS) is 2.74. The average molecular weight is 1480 g/mol. The Labute approximate surface area is 422 Å². The van der Waals surface area contributed by atoms with Crippen LogP contribution in [0.5, 0.6) is 0 Å². The van der Waals surface area contributed by atoms with Crippen LogP contribution in [0.4, 0.5) is 22.7 Å². The first kappa shape index (κ1) is 506. The predicted molar refractivity (Wildman–Crippen MR) is 95.4 cm³/mol. The summed E-state index contributed by atoms with van der Waals surface area (Å²) in [5.41, 5.74) is 19.1. The Bertz CT molecular complexity index is 452. The van der Waals surface area contributed by atoms with Crippen LogP contribution in [0.1, 0.15) is 0 Å². The van der Waals surface area contributed by atoms with Crippen molar-refractivity contribution in [2.75, 3.05) is 0 Å². The van der Waals surface area contributed by atoms with Crippen molar-refractivity contribution >= 4 is 22.7 Å². The molecule has 0 aliphatic rings. The van der Waals surface area contributed by atoms with Crippen LogP contribution in [0.15, 0.2) is 48.5 Å². The van der Waals surface area contributed by atoms with E-state index in [1.165, 1.54) is 0 Å². The summed E-state index contributed by atoms with van der Waals surface area (Å²) in [7, 11) is 0. The van der Waals surface area contributed by atoms with Gasteiger partial charge in [-0.3, -0.25) is 0 Å². The monoisotopic (exact) mass is 1490 g/mol. The van der Waals surface area contributed by atoms with Crippen LogP contribution >= 0.6 is 0 Å².